The van der Waals surface area contributed by atoms with Gasteiger partial charge in [0.25, 0.3) is 0 Å². The molecule has 0 aliphatic carbocycles. The van der Waals surface area contributed by atoms with Gasteiger partial charge in [0.05, 0.1) is 0 Å². The summed E-state index contributed by atoms with van der Waals surface area (Å²) in [5.74, 6) is -1.49. The number of esters is 2. The molecule has 1 atom stereocenters. The van der Waals surface area contributed by atoms with Gasteiger partial charge in [-0.1, -0.05) is 47.6 Å². The number of carbonyl (C=O) groups is 3. The fraction of sp³-hybridized carbons (Fsp3) is 0.304. The highest BCUT2D eigenvalue weighted by atomic mass is 16.6. The fourth-order valence-electron chi connectivity index (χ4n) is 4.10. The monoisotopic (exact) mass is 438 g/mol. The van der Waals surface area contributed by atoms with Crippen molar-refractivity contribution >= 4 is 29.5 Å². The SMILES string of the molecule is C/C(=N/O)N1CCCC1(C(=O)OC(=O)CN(C(N)=O)c1cccc(C)c1)c1ccccc1. The molecule has 1 aliphatic rings. The number of urea groups is 1. The largest absolute Gasteiger partial charge is 0.409 e. The highest BCUT2D eigenvalue weighted by Gasteiger charge is 2.51. The smallest absolute Gasteiger partial charge is 0.344 e. The van der Waals surface area contributed by atoms with E-state index in [4.69, 9.17) is 10.5 Å². The maximum atomic E-state index is 13.4. The van der Waals surface area contributed by atoms with Crippen molar-refractivity contribution in [3.8, 4) is 0 Å². The van der Waals surface area contributed by atoms with Crippen LogP contribution >= 0.6 is 0 Å². The molecule has 1 saturated heterocycles. The molecule has 0 aromatic heterocycles. The molecule has 2 aromatic rings. The van der Waals surface area contributed by atoms with E-state index < -0.39 is 30.1 Å². The van der Waals surface area contributed by atoms with Gasteiger partial charge in [0.1, 0.15) is 12.4 Å². The molecule has 32 heavy (non-hydrogen) atoms. The second-order valence-electron chi connectivity index (χ2n) is 7.65. The number of nitrogens with two attached hydrogens (primary N) is 1. The Bertz CT molecular complexity index is 1040. The first-order valence-electron chi connectivity index (χ1n) is 10.2. The molecule has 0 saturated carbocycles. The number of rotatable bonds is 5. The molecule has 2 amide bonds. The van der Waals surface area contributed by atoms with Gasteiger partial charge in [-0.15, -0.1) is 0 Å². The van der Waals surface area contributed by atoms with Crippen LogP contribution in [-0.2, 0) is 19.9 Å². The topological polar surface area (TPSA) is 126 Å². The van der Waals surface area contributed by atoms with E-state index in [2.05, 4.69) is 5.16 Å². The Kier molecular flexibility index (Phi) is 6.77. The number of amides is 2. The van der Waals surface area contributed by atoms with Crippen molar-refractivity contribution in [3.05, 3.63) is 65.7 Å². The van der Waals surface area contributed by atoms with E-state index in [0.29, 0.717) is 30.6 Å². The number of anilines is 1. The summed E-state index contributed by atoms with van der Waals surface area (Å²) in [5, 5.41) is 12.6. The molecular formula is C23H26N4O5. The normalized spacial score (nSPS) is 18.3. The highest BCUT2D eigenvalue weighted by molar-refractivity contribution is 6.00. The number of oxime groups is 1. The number of aryl methyl sites for hydroxylation is 1. The Labute approximate surface area is 186 Å². The van der Waals surface area contributed by atoms with E-state index in [1.165, 1.54) is 0 Å². The van der Waals surface area contributed by atoms with E-state index in [9.17, 15) is 19.6 Å². The van der Waals surface area contributed by atoms with E-state index in [1.807, 2.05) is 19.1 Å². The van der Waals surface area contributed by atoms with Gasteiger partial charge < -0.3 is 20.6 Å². The predicted molar refractivity (Wildman–Crippen MR) is 118 cm³/mol. The van der Waals surface area contributed by atoms with Gasteiger partial charge in [-0.05, 0) is 49.9 Å². The molecule has 1 unspecified atom stereocenters. The summed E-state index contributed by atoms with van der Waals surface area (Å²) >= 11 is 0. The number of hydrogen-bond acceptors (Lipinski definition) is 6. The number of hydrogen-bond donors (Lipinski definition) is 2. The molecule has 1 fully saturated rings. The van der Waals surface area contributed by atoms with Gasteiger partial charge >= 0.3 is 18.0 Å². The molecule has 0 radical (unpaired) electrons. The Morgan fingerprint density at radius 2 is 1.91 bits per heavy atom. The summed E-state index contributed by atoms with van der Waals surface area (Å²) in [4.78, 5) is 40.7. The minimum absolute atomic E-state index is 0.231. The van der Waals surface area contributed by atoms with E-state index in [0.717, 1.165) is 10.5 Å². The highest BCUT2D eigenvalue weighted by Crippen LogP contribution is 2.40. The number of amidine groups is 1. The van der Waals surface area contributed by atoms with Crippen molar-refractivity contribution in [1.29, 1.82) is 0 Å². The first kappa shape index (κ1) is 22.8. The third-order valence-corrected chi connectivity index (χ3v) is 5.58. The molecule has 9 nitrogen and oxygen atoms in total. The lowest BCUT2D eigenvalue weighted by atomic mass is 9.87. The number of primary amides is 1. The van der Waals surface area contributed by atoms with Crippen LogP contribution in [0.3, 0.4) is 0 Å². The molecule has 3 N–H and O–H groups in total. The average molecular weight is 438 g/mol. The number of carbonyl (C=O) groups excluding carboxylic acids is 3. The van der Waals surface area contributed by atoms with Crippen LogP contribution in [-0.4, -0.2) is 47.0 Å². The van der Waals surface area contributed by atoms with Crippen molar-refractivity contribution in [1.82, 2.24) is 4.90 Å². The van der Waals surface area contributed by atoms with E-state index >= 15 is 0 Å². The van der Waals surface area contributed by atoms with Crippen molar-refractivity contribution in [3.63, 3.8) is 0 Å². The van der Waals surface area contributed by atoms with Crippen LogP contribution in [0.4, 0.5) is 10.5 Å². The summed E-state index contributed by atoms with van der Waals surface area (Å²) in [6, 6.07) is 15.0. The van der Waals surface area contributed by atoms with Crippen LogP contribution < -0.4 is 10.6 Å². The minimum atomic E-state index is -1.33. The van der Waals surface area contributed by atoms with Gasteiger partial charge in [-0.3, -0.25) is 4.90 Å². The number of nitrogens with zero attached hydrogens (tertiary/aromatic N) is 3. The van der Waals surface area contributed by atoms with Crippen LogP contribution in [0.1, 0.15) is 30.9 Å². The van der Waals surface area contributed by atoms with Crippen molar-refractivity contribution in [2.24, 2.45) is 10.9 Å². The lowest BCUT2D eigenvalue weighted by molar-refractivity contribution is -0.166. The maximum absolute atomic E-state index is 13.4. The van der Waals surface area contributed by atoms with Crippen LogP contribution in [0.2, 0.25) is 0 Å². The summed E-state index contributed by atoms with van der Waals surface area (Å²) in [7, 11) is 0. The first-order valence-corrected chi connectivity index (χ1v) is 10.2. The molecule has 3 rings (SSSR count). The standard InChI is InChI=1S/C23H26N4O5/c1-16-8-6-11-19(14-16)26(22(24)30)15-20(28)32-21(29)23(18-9-4-3-5-10-18)12-7-13-27(23)17(2)25-31/h3-6,8-11,14,31H,7,12-13,15H2,1-2H3,(H2,24,30)/b25-17-. The van der Waals surface area contributed by atoms with E-state index in [1.54, 1.807) is 54.3 Å². The second kappa shape index (κ2) is 9.51. The molecule has 1 heterocycles. The van der Waals surface area contributed by atoms with Crippen LogP contribution in [0.15, 0.2) is 59.8 Å². The zero-order chi connectivity index (χ0) is 23.3. The number of ether oxygens (including phenoxy) is 1. The summed E-state index contributed by atoms with van der Waals surface area (Å²) in [6.07, 6.45) is 0.995. The maximum Gasteiger partial charge on any atom is 0.344 e. The van der Waals surface area contributed by atoms with Crippen LogP contribution in [0.5, 0.6) is 0 Å². The molecule has 0 spiro atoms. The zero-order valence-corrected chi connectivity index (χ0v) is 18.0. The van der Waals surface area contributed by atoms with Gasteiger partial charge in [-0.2, -0.15) is 0 Å². The summed E-state index contributed by atoms with van der Waals surface area (Å²) < 4.78 is 5.24. The lowest BCUT2D eigenvalue weighted by Gasteiger charge is -2.37. The van der Waals surface area contributed by atoms with Gasteiger partial charge in [0, 0.05) is 12.2 Å². The quantitative estimate of drug-likeness (QED) is 0.185. The molecule has 9 heteroatoms. The van der Waals surface area contributed by atoms with Crippen LogP contribution in [0, 0.1) is 6.92 Å². The molecule has 0 bridgehead atoms. The average Bonchev–Trinajstić information content (AvgIpc) is 3.23. The van der Waals surface area contributed by atoms with Gasteiger partial charge in [0.15, 0.2) is 5.54 Å². The third kappa shape index (κ3) is 4.41. The van der Waals surface area contributed by atoms with Crippen molar-refractivity contribution in [2.75, 3.05) is 18.0 Å². The number of benzene rings is 2. The van der Waals surface area contributed by atoms with Crippen molar-refractivity contribution < 1.29 is 24.3 Å². The molecular weight excluding hydrogens is 412 g/mol. The predicted octanol–water partition coefficient (Wildman–Crippen LogP) is 2.75. The molecule has 168 valence electrons. The minimum Gasteiger partial charge on any atom is -0.409 e. The first-order chi connectivity index (χ1) is 15.3. The number of likely N-dealkylation sites (tertiary alicyclic amines) is 1. The Morgan fingerprint density at radius 1 is 1.19 bits per heavy atom. The summed E-state index contributed by atoms with van der Waals surface area (Å²) in [6.45, 7) is 3.34. The second-order valence-corrected chi connectivity index (χ2v) is 7.65. The molecule has 1 aliphatic heterocycles. The third-order valence-electron chi connectivity index (χ3n) is 5.58. The van der Waals surface area contributed by atoms with Gasteiger partial charge in [-0.25, -0.2) is 14.4 Å². The Balaban J connectivity index is 1.88. The fourth-order valence-corrected chi connectivity index (χ4v) is 4.10. The van der Waals surface area contributed by atoms with Gasteiger partial charge in [0.2, 0.25) is 0 Å². The van der Waals surface area contributed by atoms with Crippen molar-refractivity contribution in [2.45, 2.75) is 32.2 Å². The van der Waals surface area contributed by atoms with E-state index in [-0.39, 0.29) is 5.84 Å². The zero-order valence-electron chi connectivity index (χ0n) is 18.0. The van der Waals surface area contributed by atoms with Crippen LogP contribution in [0.25, 0.3) is 0 Å². The lowest BCUT2D eigenvalue weighted by Crippen LogP contribution is -2.52. The summed E-state index contributed by atoms with van der Waals surface area (Å²) in [5.41, 5.74) is 6.05. The Morgan fingerprint density at radius 3 is 2.53 bits per heavy atom. The molecule has 2 aromatic carbocycles. The Hall–Kier alpha value is -3.88.